The van der Waals surface area contributed by atoms with Crippen molar-refractivity contribution in [2.24, 2.45) is 0 Å². The maximum Gasteiger partial charge on any atom is 0.196 e. The van der Waals surface area contributed by atoms with Gasteiger partial charge in [0.1, 0.15) is 0 Å². The number of hydrogen-bond donors (Lipinski definition) is 1. The number of aromatic nitrogens is 4. The van der Waals surface area contributed by atoms with Gasteiger partial charge in [-0.3, -0.25) is 9.36 Å². The number of carbonyl (C=O) groups excluding carboxylic acids is 1. The van der Waals surface area contributed by atoms with Crippen LogP contribution in [-0.4, -0.2) is 31.3 Å². The lowest BCUT2D eigenvalue weighted by Gasteiger charge is -2.09. The summed E-state index contributed by atoms with van der Waals surface area (Å²) in [4.78, 5) is 17.4. The number of ketones is 1. The van der Waals surface area contributed by atoms with E-state index < -0.39 is 0 Å². The Bertz CT molecular complexity index is 1320. The van der Waals surface area contributed by atoms with Gasteiger partial charge in [0, 0.05) is 27.8 Å². The minimum Gasteiger partial charge on any atom is -0.358 e. The molecule has 1 N–H and O–H groups in total. The lowest BCUT2D eigenvalue weighted by molar-refractivity contribution is 0.102. The zero-order valence-corrected chi connectivity index (χ0v) is 17.8. The molecule has 3 heterocycles. The fourth-order valence-corrected chi connectivity index (χ4v) is 5.10. The summed E-state index contributed by atoms with van der Waals surface area (Å²) in [5, 5.41) is 12.5. The number of fused-ring (bicyclic) bond motifs is 1. The summed E-state index contributed by atoms with van der Waals surface area (Å²) >= 11 is 3.03. The SMILES string of the molecule is Cc1[nH]c2ccccc2c1C(=O)CSc1nnc(-c2cccs2)n1-c1ccccc1. The molecule has 148 valence electrons. The summed E-state index contributed by atoms with van der Waals surface area (Å²) in [5.41, 5.74) is 3.60. The third-order valence-corrected chi connectivity index (χ3v) is 6.69. The molecule has 0 unspecified atom stereocenters. The van der Waals surface area contributed by atoms with Crippen molar-refractivity contribution in [3.8, 4) is 16.4 Å². The van der Waals surface area contributed by atoms with Gasteiger partial charge < -0.3 is 4.98 Å². The van der Waals surface area contributed by atoms with Crippen LogP contribution in [-0.2, 0) is 0 Å². The van der Waals surface area contributed by atoms with Gasteiger partial charge in [-0.2, -0.15) is 0 Å². The van der Waals surface area contributed by atoms with Gasteiger partial charge in [0.05, 0.1) is 10.6 Å². The van der Waals surface area contributed by atoms with Gasteiger partial charge in [0.25, 0.3) is 0 Å². The van der Waals surface area contributed by atoms with Gasteiger partial charge in [0.15, 0.2) is 16.8 Å². The molecule has 0 aliphatic carbocycles. The van der Waals surface area contributed by atoms with Crippen LogP contribution >= 0.6 is 23.1 Å². The topological polar surface area (TPSA) is 63.6 Å². The van der Waals surface area contributed by atoms with Gasteiger partial charge >= 0.3 is 0 Å². The molecule has 0 spiro atoms. The van der Waals surface area contributed by atoms with Gasteiger partial charge in [-0.15, -0.1) is 21.5 Å². The summed E-state index contributed by atoms with van der Waals surface area (Å²) in [6.07, 6.45) is 0. The van der Waals surface area contributed by atoms with Gasteiger partial charge in [-0.1, -0.05) is 54.2 Å². The number of thioether (sulfide) groups is 1. The fraction of sp³-hybridized carbons (Fsp3) is 0.0870. The molecule has 0 saturated heterocycles. The number of aromatic amines is 1. The Balaban J connectivity index is 1.48. The van der Waals surface area contributed by atoms with Crippen molar-refractivity contribution in [2.45, 2.75) is 12.1 Å². The number of nitrogens with one attached hydrogen (secondary N) is 1. The molecule has 3 aromatic heterocycles. The Labute approximate surface area is 181 Å². The number of benzene rings is 2. The Morgan fingerprint density at radius 3 is 2.63 bits per heavy atom. The first-order valence-electron chi connectivity index (χ1n) is 9.50. The quantitative estimate of drug-likeness (QED) is 0.275. The zero-order chi connectivity index (χ0) is 20.5. The highest BCUT2D eigenvalue weighted by Gasteiger charge is 2.20. The number of para-hydroxylation sites is 2. The van der Waals surface area contributed by atoms with Crippen LogP contribution in [0.4, 0.5) is 0 Å². The summed E-state index contributed by atoms with van der Waals surface area (Å²) in [5.74, 6) is 1.16. The number of Topliss-reactive ketones (excluding diaryl/α,β-unsaturated/α-hetero) is 1. The van der Waals surface area contributed by atoms with Crippen LogP contribution < -0.4 is 0 Å². The first kappa shape index (κ1) is 18.8. The lowest BCUT2D eigenvalue weighted by atomic mass is 10.1. The lowest BCUT2D eigenvalue weighted by Crippen LogP contribution is -2.05. The average molecular weight is 431 g/mol. The highest BCUT2D eigenvalue weighted by molar-refractivity contribution is 7.99. The van der Waals surface area contributed by atoms with Gasteiger partial charge in [-0.05, 0) is 36.6 Å². The summed E-state index contributed by atoms with van der Waals surface area (Å²) in [7, 11) is 0. The van der Waals surface area contributed by atoms with Crippen LogP contribution in [0, 0.1) is 6.92 Å². The average Bonchev–Trinajstić information content (AvgIpc) is 3.50. The van der Waals surface area contributed by atoms with Crippen molar-refractivity contribution in [1.82, 2.24) is 19.7 Å². The molecule has 5 aromatic rings. The van der Waals surface area contributed by atoms with Crippen molar-refractivity contribution < 1.29 is 4.79 Å². The van der Waals surface area contributed by atoms with Crippen molar-refractivity contribution >= 4 is 39.8 Å². The number of rotatable bonds is 6. The molecule has 0 radical (unpaired) electrons. The molecule has 0 saturated carbocycles. The van der Waals surface area contributed by atoms with E-state index in [4.69, 9.17) is 0 Å². The number of carbonyl (C=O) groups is 1. The number of aryl methyl sites for hydroxylation is 1. The van der Waals surface area contributed by atoms with E-state index in [1.807, 2.05) is 83.6 Å². The van der Waals surface area contributed by atoms with Crippen LogP contribution in [0.5, 0.6) is 0 Å². The molecule has 0 aliphatic rings. The molecular formula is C23H18N4OS2. The monoisotopic (exact) mass is 430 g/mol. The van der Waals surface area contributed by atoms with Crippen molar-refractivity contribution in [1.29, 1.82) is 0 Å². The molecule has 0 aliphatic heterocycles. The number of nitrogens with zero attached hydrogens (tertiary/aromatic N) is 3. The van der Waals surface area contributed by atoms with Crippen LogP contribution in [0.15, 0.2) is 77.3 Å². The van der Waals surface area contributed by atoms with E-state index >= 15 is 0 Å². The number of H-pyrrole nitrogens is 1. The molecule has 2 aromatic carbocycles. The van der Waals surface area contributed by atoms with Gasteiger partial charge in [0.2, 0.25) is 0 Å². The highest BCUT2D eigenvalue weighted by Crippen LogP contribution is 2.31. The van der Waals surface area contributed by atoms with Crippen LogP contribution in [0.25, 0.3) is 27.3 Å². The maximum absolute atomic E-state index is 13.1. The molecule has 0 bridgehead atoms. The second-order valence-corrected chi connectivity index (χ2v) is 8.73. The van der Waals surface area contributed by atoms with Crippen LogP contribution in [0.2, 0.25) is 0 Å². The standard InChI is InChI=1S/C23H18N4OS2/c1-15-21(17-10-5-6-11-18(17)24-15)19(28)14-30-23-26-25-22(20-12-7-13-29-20)27(23)16-8-3-2-4-9-16/h2-13,24H,14H2,1H3. The number of thiophene rings is 1. The Morgan fingerprint density at radius 2 is 1.83 bits per heavy atom. The first-order valence-corrected chi connectivity index (χ1v) is 11.4. The van der Waals surface area contributed by atoms with E-state index in [1.165, 1.54) is 11.8 Å². The minimum atomic E-state index is 0.0789. The smallest absolute Gasteiger partial charge is 0.196 e. The predicted molar refractivity (Wildman–Crippen MR) is 123 cm³/mol. The van der Waals surface area contributed by atoms with E-state index in [0.717, 1.165) is 38.5 Å². The number of hydrogen-bond acceptors (Lipinski definition) is 5. The summed E-state index contributed by atoms with van der Waals surface area (Å²) in [6, 6.07) is 21.9. The zero-order valence-electron chi connectivity index (χ0n) is 16.2. The van der Waals surface area contributed by atoms with Gasteiger partial charge in [-0.25, -0.2) is 0 Å². The Hall–Kier alpha value is -3.16. The van der Waals surface area contributed by atoms with Crippen LogP contribution in [0.1, 0.15) is 16.1 Å². The first-order chi connectivity index (χ1) is 14.7. The normalized spacial score (nSPS) is 11.2. The van der Waals surface area contributed by atoms with E-state index in [-0.39, 0.29) is 11.5 Å². The van der Waals surface area contributed by atoms with Crippen molar-refractivity contribution in [2.75, 3.05) is 5.75 Å². The predicted octanol–water partition coefficient (Wildman–Crippen LogP) is 5.76. The third kappa shape index (κ3) is 3.36. The molecule has 0 atom stereocenters. The van der Waals surface area contributed by atoms with Crippen molar-refractivity contribution in [3.05, 3.63) is 83.4 Å². The largest absolute Gasteiger partial charge is 0.358 e. The minimum absolute atomic E-state index is 0.0789. The molecule has 0 amide bonds. The van der Waals surface area contributed by atoms with E-state index in [1.54, 1.807) is 11.3 Å². The maximum atomic E-state index is 13.1. The molecule has 30 heavy (non-hydrogen) atoms. The second-order valence-electron chi connectivity index (χ2n) is 6.84. The Kier molecular flexibility index (Phi) is 4.98. The van der Waals surface area contributed by atoms with Crippen molar-refractivity contribution in [3.63, 3.8) is 0 Å². The summed E-state index contributed by atoms with van der Waals surface area (Å²) < 4.78 is 2.02. The van der Waals surface area contributed by atoms with Crippen LogP contribution in [0.3, 0.4) is 0 Å². The fourth-order valence-electron chi connectivity index (χ4n) is 3.58. The van der Waals surface area contributed by atoms with E-state index in [9.17, 15) is 4.79 Å². The Morgan fingerprint density at radius 1 is 1.03 bits per heavy atom. The van der Waals surface area contributed by atoms with E-state index in [0.29, 0.717) is 5.16 Å². The molecular weight excluding hydrogens is 412 g/mol. The molecule has 5 nitrogen and oxygen atoms in total. The summed E-state index contributed by atoms with van der Waals surface area (Å²) in [6.45, 7) is 1.94. The molecule has 5 rings (SSSR count). The highest BCUT2D eigenvalue weighted by atomic mass is 32.2. The third-order valence-electron chi connectivity index (χ3n) is 4.89. The molecule has 7 heteroatoms. The molecule has 0 fully saturated rings. The van der Waals surface area contributed by atoms with E-state index in [2.05, 4.69) is 15.2 Å². The second kappa shape index (κ2) is 7.93.